The molecular formula is C22H24ClF3N4O. The summed E-state index contributed by atoms with van der Waals surface area (Å²) in [6.07, 6.45) is -0.798. The minimum atomic E-state index is -4.41. The van der Waals surface area contributed by atoms with Crippen LogP contribution in [-0.2, 0) is 11.7 Å². The molecule has 1 aliphatic rings. The van der Waals surface area contributed by atoms with Crippen molar-refractivity contribution in [2.75, 3.05) is 5.32 Å². The number of aryl methyl sites for hydroxylation is 1. The summed E-state index contributed by atoms with van der Waals surface area (Å²) >= 11 is 0. The van der Waals surface area contributed by atoms with Crippen molar-refractivity contribution in [3.63, 3.8) is 0 Å². The Morgan fingerprint density at radius 3 is 2.48 bits per heavy atom. The molecule has 1 N–H and O–H groups in total. The summed E-state index contributed by atoms with van der Waals surface area (Å²) < 4.78 is 41.6. The third-order valence-electron chi connectivity index (χ3n) is 5.90. The summed E-state index contributed by atoms with van der Waals surface area (Å²) in [7, 11) is 0. The van der Waals surface area contributed by atoms with E-state index in [0.717, 1.165) is 18.9 Å². The number of hydrogen-bond donors (Lipinski definition) is 1. The highest BCUT2D eigenvalue weighted by Crippen LogP contribution is 2.42. The number of anilines is 1. The molecule has 1 atom stereocenters. The molecule has 4 rings (SSSR count). The third kappa shape index (κ3) is 4.26. The van der Waals surface area contributed by atoms with Gasteiger partial charge in [0, 0.05) is 17.8 Å². The molecule has 0 spiro atoms. The Balaban J connectivity index is 0.00000272. The van der Waals surface area contributed by atoms with E-state index in [-0.39, 0.29) is 29.1 Å². The van der Waals surface area contributed by atoms with E-state index in [4.69, 9.17) is 0 Å². The minimum absolute atomic E-state index is 0. The average Bonchev–Trinajstić information content (AvgIpc) is 3.38. The lowest BCUT2D eigenvalue weighted by molar-refractivity contribution is -0.138. The Labute approximate surface area is 184 Å². The van der Waals surface area contributed by atoms with Crippen LogP contribution in [0.5, 0.6) is 0 Å². The molecule has 31 heavy (non-hydrogen) atoms. The number of hydrogen-bond acceptors (Lipinski definition) is 4. The first-order chi connectivity index (χ1) is 14.0. The van der Waals surface area contributed by atoms with Gasteiger partial charge in [-0.1, -0.05) is 12.1 Å². The maximum Gasteiger partial charge on any atom is 0.416 e. The quantitative estimate of drug-likeness (QED) is 0.565. The zero-order chi connectivity index (χ0) is 21.8. The van der Waals surface area contributed by atoms with E-state index in [1.165, 1.54) is 19.1 Å². The Morgan fingerprint density at radius 1 is 1.19 bits per heavy atom. The van der Waals surface area contributed by atoms with Crippen molar-refractivity contribution in [2.45, 2.75) is 58.3 Å². The second-order valence-corrected chi connectivity index (χ2v) is 8.28. The van der Waals surface area contributed by atoms with Crippen molar-refractivity contribution in [1.82, 2.24) is 14.5 Å². The number of alkyl halides is 3. The lowest BCUT2D eigenvalue weighted by Gasteiger charge is -2.21. The summed E-state index contributed by atoms with van der Waals surface area (Å²) in [5.41, 5.74) is 0.278. The van der Waals surface area contributed by atoms with Crippen molar-refractivity contribution in [1.29, 1.82) is 0 Å². The molecule has 2 aromatic heterocycles. The highest BCUT2D eigenvalue weighted by Gasteiger charge is 2.40. The molecule has 1 fully saturated rings. The first kappa shape index (κ1) is 23.1. The molecule has 0 aliphatic heterocycles. The zero-order valence-electron chi connectivity index (χ0n) is 17.7. The molecule has 9 heteroatoms. The Kier molecular flexibility index (Phi) is 5.82. The number of benzene rings is 1. The van der Waals surface area contributed by atoms with Crippen LogP contribution in [0.25, 0.3) is 10.9 Å². The van der Waals surface area contributed by atoms with Gasteiger partial charge in [-0.2, -0.15) is 13.2 Å². The fraction of sp³-hybridized carbons (Fsp3) is 0.409. The van der Waals surface area contributed by atoms with Crippen LogP contribution in [0.1, 0.15) is 55.2 Å². The summed E-state index contributed by atoms with van der Waals surface area (Å²) in [6.45, 7) is 7.02. The van der Waals surface area contributed by atoms with E-state index >= 15 is 0 Å². The molecule has 3 aromatic rings. The molecule has 166 valence electrons. The Morgan fingerprint density at radius 2 is 1.87 bits per heavy atom. The largest absolute Gasteiger partial charge is 0.416 e. The summed E-state index contributed by atoms with van der Waals surface area (Å²) in [5.74, 6) is 0.979. The number of nitrogens with zero attached hydrogens (tertiary/aromatic N) is 3. The van der Waals surface area contributed by atoms with E-state index < -0.39 is 17.8 Å². The average molecular weight is 453 g/mol. The fourth-order valence-electron chi connectivity index (χ4n) is 3.89. The summed E-state index contributed by atoms with van der Waals surface area (Å²) in [5, 5.41) is 3.92. The van der Waals surface area contributed by atoms with Gasteiger partial charge in [-0.3, -0.25) is 4.79 Å². The smallest absolute Gasteiger partial charge is 0.363 e. The van der Waals surface area contributed by atoms with Gasteiger partial charge in [0.15, 0.2) is 0 Å². The summed E-state index contributed by atoms with van der Waals surface area (Å²) in [6, 6.07) is 5.25. The number of nitrogens with one attached hydrogen (secondary N) is 1. The van der Waals surface area contributed by atoms with Crippen LogP contribution in [0.15, 0.2) is 35.3 Å². The van der Waals surface area contributed by atoms with Crippen LogP contribution in [0.2, 0.25) is 0 Å². The lowest BCUT2D eigenvalue weighted by Crippen LogP contribution is -2.27. The van der Waals surface area contributed by atoms with Gasteiger partial charge < -0.3 is 9.88 Å². The Bertz CT molecular complexity index is 1200. The number of aromatic nitrogens is 3. The predicted octanol–water partition coefficient (Wildman–Crippen LogP) is 5.53. The second kappa shape index (κ2) is 7.82. The first-order valence-electron chi connectivity index (χ1n) is 9.84. The van der Waals surface area contributed by atoms with Crippen LogP contribution in [0.3, 0.4) is 0 Å². The number of halogens is 4. The standard InChI is InChI=1S/C22H23F3N4O.ClH/c1-12-15(6-5-7-17(12)22(23,24)25)13(2)26-20-16-11-29(21(4)8-9-21)19(30)10-18(16)27-14(3)28-20;/h5-7,10-11,13H,8-9H2,1-4H3,(H,26,27,28);1H. The van der Waals surface area contributed by atoms with Crippen LogP contribution in [0, 0.1) is 13.8 Å². The minimum Gasteiger partial charge on any atom is -0.363 e. The SMILES string of the molecule is Cc1nc(NC(C)c2cccc(C(F)(F)F)c2C)c2cn(C3(C)CC3)c(=O)cc2n1.Cl. The van der Waals surface area contributed by atoms with Crippen molar-refractivity contribution in [3.05, 3.63) is 63.3 Å². The number of rotatable bonds is 4. The molecule has 0 amide bonds. The maximum atomic E-state index is 13.3. The van der Waals surface area contributed by atoms with Gasteiger partial charge in [-0.05, 0) is 57.7 Å². The van der Waals surface area contributed by atoms with E-state index in [1.54, 1.807) is 30.7 Å². The van der Waals surface area contributed by atoms with Gasteiger partial charge in [0.05, 0.1) is 22.5 Å². The fourth-order valence-corrected chi connectivity index (χ4v) is 3.89. The van der Waals surface area contributed by atoms with Gasteiger partial charge in [0.1, 0.15) is 11.6 Å². The van der Waals surface area contributed by atoms with Crippen LogP contribution < -0.4 is 10.9 Å². The topological polar surface area (TPSA) is 59.8 Å². The van der Waals surface area contributed by atoms with Crippen molar-refractivity contribution in [2.24, 2.45) is 0 Å². The van der Waals surface area contributed by atoms with E-state index in [0.29, 0.717) is 28.1 Å². The normalized spacial score (nSPS) is 16.0. The monoisotopic (exact) mass is 452 g/mol. The van der Waals surface area contributed by atoms with Crippen LogP contribution >= 0.6 is 12.4 Å². The zero-order valence-corrected chi connectivity index (χ0v) is 18.5. The summed E-state index contributed by atoms with van der Waals surface area (Å²) in [4.78, 5) is 21.4. The van der Waals surface area contributed by atoms with Crippen LogP contribution in [0.4, 0.5) is 19.0 Å². The third-order valence-corrected chi connectivity index (χ3v) is 5.90. The van der Waals surface area contributed by atoms with Gasteiger partial charge in [-0.15, -0.1) is 12.4 Å². The highest BCUT2D eigenvalue weighted by molar-refractivity contribution is 5.88. The lowest BCUT2D eigenvalue weighted by atomic mass is 9.97. The van der Waals surface area contributed by atoms with Gasteiger partial charge >= 0.3 is 6.18 Å². The van der Waals surface area contributed by atoms with Crippen molar-refractivity contribution in [3.8, 4) is 0 Å². The molecule has 2 heterocycles. The molecule has 0 radical (unpaired) electrons. The highest BCUT2D eigenvalue weighted by atomic mass is 35.5. The predicted molar refractivity (Wildman–Crippen MR) is 117 cm³/mol. The van der Waals surface area contributed by atoms with Crippen molar-refractivity contribution >= 4 is 29.1 Å². The van der Waals surface area contributed by atoms with Gasteiger partial charge in [0.2, 0.25) is 0 Å². The van der Waals surface area contributed by atoms with Crippen LogP contribution in [-0.4, -0.2) is 14.5 Å². The van der Waals surface area contributed by atoms with E-state index in [2.05, 4.69) is 15.3 Å². The molecule has 5 nitrogen and oxygen atoms in total. The molecule has 1 saturated carbocycles. The van der Waals surface area contributed by atoms with E-state index in [1.807, 2.05) is 6.92 Å². The molecular weight excluding hydrogens is 429 g/mol. The van der Waals surface area contributed by atoms with Gasteiger partial charge in [0.25, 0.3) is 5.56 Å². The van der Waals surface area contributed by atoms with E-state index in [9.17, 15) is 18.0 Å². The molecule has 0 bridgehead atoms. The maximum absolute atomic E-state index is 13.3. The Hall–Kier alpha value is -2.61. The number of pyridine rings is 1. The number of fused-ring (bicyclic) bond motifs is 1. The molecule has 0 saturated heterocycles. The second-order valence-electron chi connectivity index (χ2n) is 8.28. The van der Waals surface area contributed by atoms with Crippen molar-refractivity contribution < 1.29 is 13.2 Å². The molecule has 1 aromatic carbocycles. The first-order valence-corrected chi connectivity index (χ1v) is 9.84. The van der Waals surface area contributed by atoms with Gasteiger partial charge in [-0.25, -0.2) is 9.97 Å². The molecule has 1 aliphatic carbocycles. The molecule has 1 unspecified atom stereocenters.